The maximum Gasteiger partial charge on any atom is 0.414 e. The second kappa shape index (κ2) is 5.56. The van der Waals surface area contributed by atoms with E-state index in [1.165, 1.54) is 0 Å². The van der Waals surface area contributed by atoms with Crippen LogP contribution >= 0.6 is 0 Å². The molecule has 0 spiro atoms. The van der Waals surface area contributed by atoms with E-state index in [4.69, 9.17) is 4.74 Å². The topological polar surface area (TPSA) is 21.3 Å². The van der Waals surface area contributed by atoms with Crippen LogP contribution in [0.2, 0.25) is 0 Å². The molecule has 0 saturated carbocycles. The normalized spacial score (nSPS) is 19.1. The van der Waals surface area contributed by atoms with Gasteiger partial charge in [-0.3, -0.25) is 0 Å². The van der Waals surface area contributed by atoms with Crippen molar-refractivity contribution < 1.29 is 17.9 Å². The van der Waals surface area contributed by atoms with Gasteiger partial charge in [-0.2, -0.15) is 13.2 Å². The molecule has 86 valence electrons. The fraction of sp³-hybridized carbons (Fsp3) is 1.00. The van der Waals surface area contributed by atoms with Crippen molar-refractivity contribution in [3.8, 4) is 0 Å². The zero-order valence-corrected chi connectivity index (χ0v) is 8.98. The van der Waals surface area contributed by atoms with E-state index in [2.05, 4.69) is 5.32 Å². The van der Waals surface area contributed by atoms with Gasteiger partial charge in [0.15, 0.2) is 6.10 Å². The second-order valence-corrected chi connectivity index (χ2v) is 3.37. The molecule has 3 unspecified atom stereocenters. The number of likely N-dealkylation sites (N-methyl/N-ethyl adjacent to an activating group) is 1. The highest BCUT2D eigenvalue weighted by atomic mass is 19.4. The molecular weight excluding hydrogens is 195 g/mol. The summed E-state index contributed by atoms with van der Waals surface area (Å²) in [6, 6.07) is -0.0789. The number of halogens is 3. The molecule has 0 saturated heterocycles. The molecular formula is C9H18F3NO. The molecule has 1 N–H and O–H groups in total. The van der Waals surface area contributed by atoms with Crippen molar-refractivity contribution >= 4 is 0 Å². The van der Waals surface area contributed by atoms with Gasteiger partial charge in [-0.15, -0.1) is 0 Å². The van der Waals surface area contributed by atoms with Gasteiger partial charge >= 0.3 is 6.18 Å². The van der Waals surface area contributed by atoms with Crippen LogP contribution in [0.1, 0.15) is 27.7 Å². The quantitative estimate of drug-likeness (QED) is 0.756. The van der Waals surface area contributed by atoms with Crippen molar-refractivity contribution in [3.63, 3.8) is 0 Å². The molecule has 0 fully saturated rings. The molecule has 0 aromatic rings. The highest BCUT2D eigenvalue weighted by molar-refractivity contribution is 4.71. The van der Waals surface area contributed by atoms with Crippen LogP contribution in [-0.2, 0) is 4.74 Å². The molecule has 0 aliphatic rings. The molecule has 0 heterocycles. The Balaban J connectivity index is 3.99. The lowest BCUT2D eigenvalue weighted by molar-refractivity contribution is -0.227. The van der Waals surface area contributed by atoms with E-state index in [1.807, 2.05) is 6.92 Å². The van der Waals surface area contributed by atoms with Crippen molar-refractivity contribution in [2.45, 2.75) is 52.1 Å². The molecule has 0 bridgehead atoms. The third kappa shape index (κ3) is 4.81. The van der Waals surface area contributed by atoms with Crippen molar-refractivity contribution in [1.29, 1.82) is 0 Å². The van der Waals surface area contributed by atoms with E-state index in [-0.39, 0.29) is 6.04 Å². The zero-order chi connectivity index (χ0) is 11.4. The van der Waals surface area contributed by atoms with Crippen LogP contribution in [0.3, 0.4) is 0 Å². The smallest absolute Gasteiger partial charge is 0.365 e. The first-order chi connectivity index (χ1) is 6.29. The van der Waals surface area contributed by atoms with Crippen molar-refractivity contribution in [2.75, 3.05) is 6.54 Å². The molecule has 0 aliphatic heterocycles. The van der Waals surface area contributed by atoms with Crippen LogP contribution in [0.15, 0.2) is 0 Å². The van der Waals surface area contributed by atoms with Gasteiger partial charge in [-0.1, -0.05) is 6.92 Å². The first kappa shape index (κ1) is 13.7. The molecule has 5 heteroatoms. The lowest BCUT2D eigenvalue weighted by Gasteiger charge is -2.26. The van der Waals surface area contributed by atoms with Crippen LogP contribution in [0.5, 0.6) is 0 Å². The summed E-state index contributed by atoms with van der Waals surface area (Å²) in [4.78, 5) is 0. The molecule has 14 heavy (non-hydrogen) atoms. The van der Waals surface area contributed by atoms with Gasteiger partial charge in [0.05, 0.1) is 6.10 Å². The van der Waals surface area contributed by atoms with Gasteiger partial charge < -0.3 is 10.1 Å². The van der Waals surface area contributed by atoms with Crippen molar-refractivity contribution in [3.05, 3.63) is 0 Å². The number of alkyl halides is 3. The maximum atomic E-state index is 12.1. The van der Waals surface area contributed by atoms with Gasteiger partial charge in [0.25, 0.3) is 0 Å². The Morgan fingerprint density at radius 3 is 2.07 bits per heavy atom. The SMILES string of the molecule is CCNC(C)C(C)OC(C)C(F)(F)F. The number of hydrogen-bond donors (Lipinski definition) is 1. The Kier molecular flexibility index (Phi) is 5.44. The van der Waals surface area contributed by atoms with E-state index >= 15 is 0 Å². The summed E-state index contributed by atoms with van der Waals surface area (Å²) < 4.78 is 41.2. The molecule has 0 rings (SSSR count). The number of hydrogen-bond acceptors (Lipinski definition) is 2. The first-order valence-corrected chi connectivity index (χ1v) is 4.74. The van der Waals surface area contributed by atoms with Gasteiger partial charge in [0.1, 0.15) is 0 Å². The lowest BCUT2D eigenvalue weighted by Crippen LogP contribution is -2.41. The summed E-state index contributed by atoms with van der Waals surface area (Å²) in [5.41, 5.74) is 0. The summed E-state index contributed by atoms with van der Waals surface area (Å²) in [6.45, 7) is 7.08. The molecule has 0 aromatic carbocycles. The fourth-order valence-electron chi connectivity index (χ4n) is 1.00. The monoisotopic (exact) mass is 213 g/mol. The second-order valence-electron chi connectivity index (χ2n) is 3.37. The van der Waals surface area contributed by atoms with E-state index in [0.717, 1.165) is 13.5 Å². The van der Waals surface area contributed by atoms with E-state index in [1.54, 1.807) is 13.8 Å². The summed E-state index contributed by atoms with van der Waals surface area (Å²) in [5.74, 6) is 0. The highest BCUT2D eigenvalue weighted by Crippen LogP contribution is 2.23. The summed E-state index contributed by atoms with van der Waals surface area (Å²) in [7, 11) is 0. The van der Waals surface area contributed by atoms with Crippen LogP contribution in [0.25, 0.3) is 0 Å². The minimum atomic E-state index is -4.28. The van der Waals surface area contributed by atoms with Crippen LogP contribution < -0.4 is 5.32 Å². The standard InChI is InChI=1S/C9H18F3NO/c1-5-13-6(2)7(3)14-8(4)9(10,11)12/h6-8,13H,5H2,1-4H3. The zero-order valence-electron chi connectivity index (χ0n) is 8.98. The van der Waals surface area contributed by atoms with Crippen LogP contribution in [-0.4, -0.2) is 31.0 Å². The Hall–Kier alpha value is -0.290. The fourth-order valence-corrected chi connectivity index (χ4v) is 1.00. The lowest BCUT2D eigenvalue weighted by atomic mass is 10.2. The summed E-state index contributed by atoms with van der Waals surface area (Å²) in [6.07, 6.45) is -6.44. The largest absolute Gasteiger partial charge is 0.414 e. The Labute approximate surface area is 82.8 Å². The Morgan fingerprint density at radius 1 is 1.21 bits per heavy atom. The molecule has 0 amide bonds. The molecule has 0 radical (unpaired) electrons. The van der Waals surface area contributed by atoms with Crippen LogP contribution in [0.4, 0.5) is 13.2 Å². The van der Waals surface area contributed by atoms with Crippen LogP contribution in [0, 0.1) is 0 Å². The third-order valence-corrected chi connectivity index (χ3v) is 2.11. The van der Waals surface area contributed by atoms with Crippen molar-refractivity contribution in [2.24, 2.45) is 0 Å². The Morgan fingerprint density at radius 2 is 1.71 bits per heavy atom. The predicted octanol–water partition coefficient (Wildman–Crippen LogP) is 2.34. The highest BCUT2D eigenvalue weighted by Gasteiger charge is 2.38. The van der Waals surface area contributed by atoms with E-state index in [0.29, 0.717) is 0 Å². The van der Waals surface area contributed by atoms with Gasteiger partial charge in [-0.25, -0.2) is 0 Å². The summed E-state index contributed by atoms with van der Waals surface area (Å²) in [5, 5.41) is 3.01. The van der Waals surface area contributed by atoms with Crippen molar-refractivity contribution in [1.82, 2.24) is 5.32 Å². The summed E-state index contributed by atoms with van der Waals surface area (Å²) >= 11 is 0. The number of ether oxygens (including phenoxy) is 1. The average molecular weight is 213 g/mol. The number of nitrogens with one attached hydrogen (secondary N) is 1. The molecule has 2 nitrogen and oxygen atoms in total. The number of rotatable bonds is 5. The molecule has 0 aromatic heterocycles. The van der Waals surface area contributed by atoms with Gasteiger partial charge in [0.2, 0.25) is 0 Å². The minimum absolute atomic E-state index is 0.0789. The Bertz CT molecular complexity index is 161. The predicted molar refractivity (Wildman–Crippen MR) is 49.2 cm³/mol. The average Bonchev–Trinajstić information content (AvgIpc) is 2.02. The molecule has 3 atom stereocenters. The first-order valence-electron chi connectivity index (χ1n) is 4.74. The van der Waals surface area contributed by atoms with E-state index in [9.17, 15) is 13.2 Å². The van der Waals surface area contributed by atoms with E-state index < -0.39 is 18.4 Å². The van der Waals surface area contributed by atoms with Gasteiger partial charge in [0, 0.05) is 6.04 Å². The minimum Gasteiger partial charge on any atom is -0.365 e. The third-order valence-electron chi connectivity index (χ3n) is 2.11. The van der Waals surface area contributed by atoms with Gasteiger partial charge in [-0.05, 0) is 27.3 Å². The molecule has 0 aliphatic carbocycles. The maximum absolute atomic E-state index is 12.1.